The number of hydrazone groups is 1. The predicted octanol–water partition coefficient (Wildman–Crippen LogP) is 0.438. The first-order valence-electron chi connectivity index (χ1n) is 4.52. The van der Waals surface area contributed by atoms with E-state index in [4.69, 9.17) is 11.6 Å². The summed E-state index contributed by atoms with van der Waals surface area (Å²) in [6.45, 7) is 4.33. The van der Waals surface area contributed by atoms with Crippen molar-refractivity contribution < 1.29 is 0 Å². The highest BCUT2D eigenvalue weighted by Gasteiger charge is 2.30. The van der Waals surface area contributed by atoms with Crippen molar-refractivity contribution in [1.29, 1.82) is 0 Å². The van der Waals surface area contributed by atoms with Crippen LogP contribution in [0.4, 0.5) is 0 Å². The van der Waals surface area contributed by atoms with Crippen LogP contribution < -0.4 is 11.6 Å². The molecule has 4 N–H and O–H groups in total. The summed E-state index contributed by atoms with van der Waals surface area (Å²) in [5.41, 5.74) is 5.69. The zero-order valence-electron chi connectivity index (χ0n) is 7.83. The predicted molar refractivity (Wildman–Crippen MR) is 50.4 cm³/mol. The van der Waals surface area contributed by atoms with Gasteiger partial charge in [-0.15, -0.1) is 5.10 Å². The van der Waals surface area contributed by atoms with Gasteiger partial charge in [0.1, 0.15) is 0 Å². The van der Waals surface area contributed by atoms with Crippen LogP contribution in [0.3, 0.4) is 0 Å². The zero-order chi connectivity index (χ0) is 9.14. The van der Waals surface area contributed by atoms with Crippen LogP contribution in [0.25, 0.3) is 0 Å². The smallest absolute Gasteiger partial charge is 0.213 e. The number of hydrogen-bond donors (Lipinski definition) is 2. The van der Waals surface area contributed by atoms with E-state index in [2.05, 4.69) is 23.8 Å². The molecule has 1 aliphatic rings. The lowest BCUT2D eigenvalue weighted by Gasteiger charge is -2.28. The van der Waals surface area contributed by atoms with Gasteiger partial charge in [-0.1, -0.05) is 6.92 Å². The maximum absolute atomic E-state index is 5.69. The molecule has 1 saturated heterocycles. The molecule has 1 heterocycles. The van der Waals surface area contributed by atoms with E-state index >= 15 is 0 Å². The summed E-state index contributed by atoms with van der Waals surface area (Å²) in [6, 6.07) is 1.02. The van der Waals surface area contributed by atoms with Crippen LogP contribution in [0.15, 0.2) is 5.10 Å². The molecular formula is C8H18N4. The summed E-state index contributed by atoms with van der Waals surface area (Å²) in [5, 5.41) is 3.54. The Balaban J connectivity index is 2.70. The first-order valence-corrected chi connectivity index (χ1v) is 4.52. The van der Waals surface area contributed by atoms with Crippen molar-refractivity contribution in [3.05, 3.63) is 0 Å². The molecule has 0 aromatic carbocycles. The summed E-state index contributed by atoms with van der Waals surface area (Å²) < 4.78 is 0. The SMILES string of the molecule is CCC1CCC(C)N1/C(N)=N/N. The molecule has 0 amide bonds. The second-order valence-corrected chi connectivity index (χ2v) is 3.38. The molecule has 70 valence electrons. The molecule has 0 radical (unpaired) electrons. The lowest BCUT2D eigenvalue weighted by atomic mass is 10.2. The second kappa shape index (κ2) is 3.65. The Kier molecular flexibility index (Phi) is 2.78. The number of likely N-dealkylation sites (tertiary alicyclic amines) is 1. The fraction of sp³-hybridized carbons (Fsp3) is 0.875. The highest BCUT2D eigenvalue weighted by molar-refractivity contribution is 5.78. The standard InChI is InChI=1S/C8H18N4/c1-3-7-5-4-6(2)12(7)8(9)11-10/h6-7H,3-5,10H2,1-2H3,(H2,9,11). The number of guanidine groups is 1. The van der Waals surface area contributed by atoms with Crippen LogP contribution in [0.1, 0.15) is 33.1 Å². The molecule has 1 rings (SSSR count). The van der Waals surface area contributed by atoms with E-state index in [0.717, 1.165) is 6.42 Å². The molecule has 4 nitrogen and oxygen atoms in total. The van der Waals surface area contributed by atoms with Gasteiger partial charge < -0.3 is 16.5 Å². The fourth-order valence-electron chi connectivity index (χ4n) is 1.95. The Bertz CT molecular complexity index is 178. The van der Waals surface area contributed by atoms with E-state index in [1.54, 1.807) is 0 Å². The third-order valence-electron chi connectivity index (χ3n) is 2.65. The van der Waals surface area contributed by atoms with E-state index in [1.807, 2.05) is 0 Å². The molecule has 0 aromatic rings. The lowest BCUT2D eigenvalue weighted by molar-refractivity contribution is 0.316. The van der Waals surface area contributed by atoms with Gasteiger partial charge in [-0.05, 0) is 26.2 Å². The highest BCUT2D eigenvalue weighted by atomic mass is 15.4. The van der Waals surface area contributed by atoms with Crippen LogP contribution in [0, 0.1) is 0 Å². The average molecular weight is 170 g/mol. The van der Waals surface area contributed by atoms with Crippen molar-refractivity contribution >= 4 is 5.96 Å². The van der Waals surface area contributed by atoms with Crippen molar-refractivity contribution in [1.82, 2.24) is 4.90 Å². The Morgan fingerprint density at radius 3 is 2.75 bits per heavy atom. The summed E-state index contributed by atoms with van der Waals surface area (Å²) in [5.74, 6) is 5.63. The largest absolute Gasteiger partial charge is 0.368 e. The summed E-state index contributed by atoms with van der Waals surface area (Å²) in [4.78, 5) is 2.12. The highest BCUT2D eigenvalue weighted by Crippen LogP contribution is 2.25. The van der Waals surface area contributed by atoms with E-state index in [9.17, 15) is 0 Å². The fourth-order valence-corrected chi connectivity index (χ4v) is 1.95. The zero-order valence-corrected chi connectivity index (χ0v) is 7.83. The lowest BCUT2D eigenvalue weighted by Crippen LogP contribution is -2.44. The molecule has 0 aliphatic carbocycles. The van der Waals surface area contributed by atoms with Gasteiger partial charge in [-0.3, -0.25) is 0 Å². The maximum Gasteiger partial charge on any atom is 0.213 e. The summed E-state index contributed by atoms with van der Waals surface area (Å²) in [7, 11) is 0. The van der Waals surface area contributed by atoms with E-state index in [-0.39, 0.29) is 0 Å². The molecule has 1 aliphatic heterocycles. The number of hydrogen-bond acceptors (Lipinski definition) is 2. The monoisotopic (exact) mass is 170 g/mol. The van der Waals surface area contributed by atoms with E-state index in [1.165, 1.54) is 12.8 Å². The first kappa shape index (κ1) is 9.16. The molecule has 1 fully saturated rings. The van der Waals surface area contributed by atoms with Crippen LogP contribution >= 0.6 is 0 Å². The normalized spacial score (nSPS) is 31.2. The van der Waals surface area contributed by atoms with Crippen molar-refractivity contribution in [2.24, 2.45) is 16.7 Å². The van der Waals surface area contributed by atoms with Gasteiger partial charge in [0.15, 0.2) is 0 Å². The van der Waals surface area contributed by atoms with Crippen LogP contribution in [0.5, 0.6) is 0 Å². The van der Waals surface area contributed by atoms with Crippen molar-refractivity contribution in [3.63, 3.8) is 0 Å². The third kappa shape index (κ3) is 1.47. The maximum atomic E-state index is 5.69. The number of nitrogens with zero attached hydrogens (tertiary/aromatic N) is 2. The topological polar surface area (TPSA) is 67.6 Å². The Morgan fingerprint density at radius 2 is 2.25 bits per heavy atom. The van der Waals surface area contributed by atoms with Gasteiger partial charge in [-0.2, -0.15) is 0 Å². The van der Waals surface area contributed by atoms with Gasteiger partial charge in [0.25, 0.3) is 0 Å². The Morgan fingerprint density at radius 1 is 1.58 bits per heavy atom. The van der Waals surface area contributed by atoms with E-state index < -0.39 is 0 Å². The van der Waals surface area contributed by atoms with Gasteiger partial charge >= 0.3 is 0 Å². The van der Waals surface area contributed by atoms with Crippen LogP contribution in [-0.2, 0) is 0 Å². The summed E-state index contributed by atoms with van der Waals surface area (Å²) >= 11 is 0. The van der Waals surface area contributed by atoms with Crippen molar-refractivity contribution in [2.45, 2.75) is 45.2 Å². The minimum Gasteiger partial charge on any atom is -0.368 e. The molecule has 0 aromatic heterocycles. The van der Waals surface area contributed by atoms with E-state index in [0.29, 0.717) is 18.0 Å². The Hall–Kier alpha value is -0.930. The minimum atomic E-state index is 0.479. The Labute approximate surface area is 73.6 Å². The quantitative estimate of drug-likeness (QED) is 0.260. The second-order valence-electron chi connectivity index (χ2n) is 3.38. The summed E-state index contributed by atoms with van der Waals surface area (Å²) in [6.07, 6.45) is 3.50. The molecule has 12 heavy (non-hydrogen) atoms. The molecule has 4 heteroatoms. The van der Waals surface area contributed by atoms with Gasteiger partial charge in [0.2, 0.25) is 5.96 Å². The number of rotatable bonds is 1. The van der Waals surface area contributed by atoms with Crippen LogP contribution in [-0.4, -0.2) is 22.9 Å². The minimum absolute atomic E-state index is 0.479. The molecular weight excluding hydrogens is 152 g/mol. The van der Waals surface area contributed by atoms with Gasteiger partial charge in [0.05, 0.1) is 0 Å². The molecule has 0 saturated carbocycles. The van der Waals surface area contributed by atoms with Crippen LogP contribution in [0.2, 0.25) is 0 Å². The van der Waals surface area contributed by atoms with Crippen molar-refractivity contribution in [3.8, 4) is 0 Å². The molecule has 0 bridgehead atoms. The molecule has 2 unspecified atom stereocenters. The number of nitrogens with two attached hydrogens (primary N) is 2. The average Bonchev–Trinajstić information content (AvgIpc) is 2.45. The van der Waals surface area contributed by atoms with Gasteiger partial charge in [-0.25, -0.2) is 0 Å². The first-order chi connectivity index (χ1) is 5.70. The van der Waals surface area contributed by atoms with Gasteiger partial charge in [0, 0.05) is 12.1 Å². The molecule has 2 atom stereocenters. The van der Waals surface area contributed by atoms with Crippen molar-refractivity contribution in [2.75, 3.05) is 0 Å². The third-order valence-corrected chi connectivity index (χ3v) is 2.65. The molecule has 0 spiro atoms.